The molecule has 0 saturated heterocycles. The van der Waals surface area contributed by atoms with Gasteiger partial charge in [0.2, 0.25) is 0 Å². The van der Waals surface area contributed by atoms with Crippen molar-refractivity contribution in [3.63, 3.8) is 0 Å². The number of benzene rings is 1. The number of carboxylic acid groups (broad SMARTS) is 1. The van der Waals surface area contributed by atoms with E-state index in [1.807, 2.05) is 49.3 Å². The van der Waals surface area contributed by atoms with Crippen LogP contribution < -0.4 is 0 Å². The van der Waals surface area contributed by atoms with Crippen LogP contribution in [-0.2, 0) is 11.2 Å². The number of rotatable bonds is 6. The predicted octanol–water partition coefficient (Wildman–Crippen LogP) is 1.88. The minimum atomic E-state index is -0.703. The summed E-state index contributed by atoms with van der Waals surface area (Å²) in [6, 6.07) is 9.79. The molecule has 1 N–H and O–H groups in total. The van der Waals surface area contributed by atoms with Gasteiger partial charge in [-0.05, 0) is 39.0 Å². The third-order valence-corrected chi connectivity index (χ3v) is 2.60. The zero-order valence-corrected chi connectivity index (χ0v) is 9.89. The van der Waals surface area contributed by atoms with Gasteiger partial charge in [-0.15, -0.1) is 0 Å². The van der Waals surface area contributed by atoms with Crippen molar-refractivity contribution in [3.05, 3.63) is 35.9 Å². The lowest BCUT2D eigenvalue weighted by Gasteiger charge is -2.15. The van der Waals surface area contributed by atoms with Crippen LogP contribution in [0.1, 0.15) is 12.0 Å². The Kier molecular flexibility index (Phi) is 4.99. The summed E-state index contributed by atoms with van der Waals surface area (Å²) < 4.78 is 0. The first kappa shape index (κ1) is 12.7. The minimum absolute atomic E-state index is 0.287. The molecule has 0 aliphatic heterocycles. The number of carbonyl (C=O) groups is 1. The predicted molar refractivity (Wildman–Crippen MR) is 64.4 cm³/mol. The van der Waals surface area contributed by atoms with E-state index >= 15 is 0 Å². The minimum Gasteiger partial charge on any atom is -0.481 e. The van der Waals surface area contributed by atoms with Gasteiger partial charge in [0, 0.05) is 0 Å². The van der Waals surface area contributed by atoms with E-state index in [4.69, 9.17) is 5.11 Å². The van der Waals surface area contributed by atoms with Gasteiger partial charge >= 0.3 is 5.97 Å². The van der Waals surface area contributed by atoms with Gasteiger partial charge in [-0.1, -0.05) is 30.3 Å². The number of hydrogen-bond donors (Lipinski definition) is 1. The zero-order valence-electron chi connectivity index (χ0n) is 9.89. The first-order valence-electron chi connectivity index (χ1n) is 5.51. The van der Waals surface area contributed by atoms with E-state index in [-0.39, 0.29) is 5.92 Å². The Balaban J connectivity index is 2.55. The standard InChI is InChI=1S/C13H19NO2/c1-14(2)9-8-12(13(15)16)10-11-6-4-3-5-7-11/h3-7,12H,8-10H2,1-2H3,(H,15,16)/t12-/m0/s1. The van der Waals surface area contributed by atoms with Gasteiger partial charge in [0.15, 0.2) is 0 Å². The third kappa shape index (κ3) is 4.45. The summed E-state index contributed by atoms with van der Waals surface area (Å²) in [7, 11) is 3.92. The molecule has 0 heterocycles. The second-order valence-electron chi connectivity index (χ2n) is 4.32. The van der Waals surface area contributed by atoms with Crippen molar-refractivity contribution in [1.82, 2.24) is 4.90 Å². The Hall–Kier alpha value is -1.35. The molecule has 0 aliphatic rings. The van der Waals surface area contributed by atoms with Crippen LogP contribution in [0, 0.1) is 5.92 Å². The lowest BCUT2D eigenvalue weighted by molar-refractivity contribution is -0.142. The Bertz CT molecular complexity index is 322. The molecule has 0 saturated carbocycles. The fraction of sp³-hybridized carbons (Fsp3) is 0.462. The number of hydrogen-bond acceptors (Lipinski definition) is 2. The van der Waals surface area contributed by atoms with Gasteiger partial charge in [-0.25, -0.2) is 0 Å². The quantitative estimate of drug-likeness (QED) is 0.797. The van der Waals surface area contributed by atoms with Gasteiger partial charge in [0.05, 0.1) is 5.92 Å². The van der Waals surface area contributed by atoms with Crippen LogP contribution in [0.4, 0.5) is 0 Å². The van der Waals surface area contributed by atoms with E-state index in [1.54, 1.807) is 0 Å². The van der Waals surface area contributed by atoms with Gasteiger partial charge in [0.1, 0.15) is 0 Å². The first-order valence-corrected chi connectivity index (χ1v) is 5.51. The average Bonchev–Trinajstić information content (AvgIpc) is 2.25. The van der Waals surface area contributed by atoms with Crippen molar-refractivity contribution < 1.29 is 9.90 Å². The van der Waals surface area contributed by atoms with Crippen molar-refractivity contribution in [3.8, 4) is 0 Å². The monoisotopic (exact) mass is 221 g/mol. The van der Waals surface area contributed by atoms with E-state index < -0.39 is 5.97 Å². The lowest BCUT2D eigenvalue weighted by atomic mass is 9.96. The summed E-state index contributed by atoms with van der Waals surface area (Å²) >= 11 is 0. The van der Waals surface area contributed by atoms with Crippen molar-refractivity contribution in [2.45, 2.75) is 12.8 Å². The van der Waals surface area contributed by atoms with E-state index in [0.717, 1.165) is 12.1 Å². The van der Waals surface area contributed by atoms with Gasteiger partial charge in [0.25, 0.3) is 0 Å². The van der Waals surface area contributed by atoms with Gasteiger partial charge < -0.3 is 10.0 Å². The molecule has 0 radical (unpaired) electrons. The molecule has 3 heteroatoms. The molecule has 88 valence electrons. The SMILES string of the molecule is CN(C)CC[C@@H](Cc1ccccc1)C(=O)O. The van der Waals surface area contributed by atoms with Crippen molar-refractivity contribution in [2.24, 2.45) is 5.92 Å². The maximum Gasteiger partial charge on any atom is 0.306 e. The highest BCUT2D eigenvalue weighted by atomic mass is 16.4. The third-order valence-electron chi connectivity index (χ3n) is 2.60. The smallest absolute Gasteiger partial charge is 0.306 e. The molecule has 0 spiro atoms. The lowest BCUT2D eigenvalue weighted by Crippen LogP contribution is -2.23. The average molecular weight is 221 g/mol. The summed E-state index contributed by atoms with van der Waals surface area (Å²) in [5, 5.41) is 9.13. The summed E-state index contributed by atoms with van der Waals surface area (Å²) in [6.45, 7) is 0.809. The Morgan fingerprint density at radius 3 is 2.44 bits per heavy atom. The van der Waals surface area contributed by atoms with Crippen LogP contribution in [-0.4, -0.2) is 36.6 Å². The molecule has 3 nitrogen and oxygen atoms in total. The maximum atomic E-state index is 11.1. The molecule has 0 fully saturated rings. The maximum absolute atomic E-state index is 11.1. The van der Waals surface area contributed by atoms with E-state index in [0.29, 0.717) is 12.8 Å². The van der Waals surface area contributed by atoms with Crippen LogP contribution in [0.3, 0.4) is 0 Å². The summed E-state index contributed by atoms with van der Waals surface area (Å²) in [6.07, 6.45) is 1.31. The number of aliphatic carboxylic acids is 1. The van der Waals surface area contributed by atoms with E-state index in [9.17, 15) is 4.79 Å². The number of carboxylic acids is 1. The molecule has 0 aromatic heterocycles. The second-order valence-corrected chi connectivity index (χ2v) is 4.32. The highest BCUT2D eigenvalue weighted by Crippen LogP contribution is 2.12. The normalized spacial score (nSPS) is 12.7. The molecule has 0 amide bonds. The van der Waals surface area contributed by atoms with Crippen LogP contribution in [0.25, 0.3) is 0 Å². The Morgan fingerprint density at radius 2 is 1.94 bits per heavy atom. The van der Waals surface area contributed by atoms with Crippen LogP contribution >= 0.6 is 0 Å². The molecule has 0 bridgehead atoms. The molecule has 1 aromatic rings. The molecule has 1 atom stereocenters. The highest BCUT2D eigenvalue weighted by molar-refractivity contribution is 5.70. The Morgan fingerprint density at radius 1 is 1.31 bits per heavy atom. The largest absolute Gasteiger partial charge is 0.481 e. The van der Waals surface area contributed by atoms with Crippen LogP contribution in [0.2, 0.25) is 0 Å². The van der Waals surface area contributed by atoms with E-state index in [2.05, 4.69) is 0 Å². The highest BCUT2D eigenvalue weighted by Gasteiger charge is 2.17. The van der Waals surface area contributed by atoms with Gasteiger partial charge in [-0.3, -0.25) is 4.79 Å². The molecule has 0 unspecified atom stereocenters. The topological polar surface area (TPSA) is 40.5 Å². The van der Waals surface area contributed by atoms with Crippen LogP contribution in [0.15, 0.2) is 30.3 Å². The Labute approximate surface area is 96.7 Å². The van der Waals surface area contributed by atoms with Crippen molar-refractivity contribution in [1.29, 1.82) is 0 Å². The van der Waals surface area contributed by atoms with Crippen molar-refractivity contribution in [2.75, 3.05) is 20.6 Å². The first-order chi connectivity index (χ1) is 7.59. The fourth-order valence-corrected chi connectivity index (χ4v) is 1.63. The molecular formula is C13H19NO2. The molecule has 1 rings (SSSR count). The summed E-state index contributed by atoms with van der Waals surface area (Å²) in [4.78, 5) is 13.1. The zero-order chi connectivity index (χ0) is 12.0. The molecule has 16 heavy (non-hydrogen) atoms. The van der Waals surface area contributed by atoms with Crippen molar-refractivity contribution >= 4 is 5.97 Å². The van der Waals surface area contributed by atoms with Crippen LogP contribution in [0.5, 0.6) is 0 Å². The fourth-order valence-electron chi connectivity index (χ4n) is 1.63. The summed E-state index contributed by atoms with van der Waals surface area (Å²) in [5.41, 5.74) is 1.09. The van der Waals surface area contributed by atoms with E-state index in [1.165, 1.54) is 0 Å². The molecule has 1 aromatic carbocycles. The summed E-state index contributed by atoms with van der Waals surface area (Å²) in [5.74, 6) is -0.990. The van der Waals surface area contributed by atoms with Gasteiger partial charge in [-0.2, -0.15) is 0 Å². The molecular weight excluding hydrogens is 202 g/mol. The number of nitrogens with zero attached hydrogens (tertiary/aromatic N) is 1. The molecule has 0 aliphatic carbocycles. The second kappa shape index (κ2) is 6.28.